The number of thiophene rings is 1. The Labute approximate surface area is 402 Å². The van der Waals surface area contributed by atoms with Crippen LogP contribution < -0.4 is 30.4 Å². The van der Waals surface area contributed by atoms with E-state index in [1.165, 1.54) is 112 Å². The molecule has 0 bridgehead atoms. The van der Waals surface area contributed by atoms with E-state index in [0.29, 0.717) is 0 Å². The fourth-order valence-electron chi connectivity index (χ4n) is 12.0. The predicted molar refractivity (Wildman–Crippen MR) is 291 cm³/mol. The average molecular weight is 890 g/mol. The smallest absolute Gasteiger partial charge is 0.264 e. The molecule has 5 aliphatic rings. The second-order valence-corrected chi connectivity index (χ2v) is 22.9. The van der Waals surface area contributed by atoms with Gasteiger partial charge in [-0.2, -0.15) is 0 Å². The number of hydrogen-bond donors (Lipinski definition) is 0. The van der Waals surface area contributed by atoms with Crippen LogP contribution in [0, 0.1) is 0 Å². The number of benzene rings is 6. The molecule has 3 aliphatic carbocycles. The lowest BCUT2D eigenvalue weighted by Gasteiger charge is -2.45. The predicted octanol–water partition coefficient (Wildman–Crippen LogP) is 15.2. The molecule has 1 atom stereocenters. The quantitative estimate of drug-likeness (QED) is 0.154. The van der Waals surface area contributed by atoms with Gasteiger partial charge in [-0.3, -0.25) is 0 Å². The zero-order valence-corrected chi connectivity index (χ0v) is 40.9. The topological polar surface area (TPSA) is 9.72 Å². The highest BCUT2D eigenvalue weighted by atomic mass is 32.1. The molecule has 0 amide bonds. The number of anilines is 7. The first kappa shape index (κ1) is 42.1. The van der Waals surface area contributed by atoms with E-state index >= 15 is 0 Å². The van der Waals surface area contributed by atoms with E-state index in [9.17, 15) is 0 Å². The van der Waals surface area contributed by atoms with Gasteiger partial charge in [-0.1, -0.05) is 164 Å². The van der Waals surface area contributed by atoms with Crippen molar-refractivity contribution in [1.82, 2.24) is 0 Å². The van der Waals surface area contributed by atoms with E-state index in [0.717, 1.165) is 19.3 Å². The van der Waals surface area contributed by atoms with Crippen LogP contribution in [-0.4, -0.2) is 12.8 Å². The molecule has 0 fully saturated rings. The van der Waals surface area contributed by atoms with E-state index in [2.05, 4.69) is 233 Å². The summed E-state index contributed by atoms with van der Waals surface area (Å²) in [6, 6.07) is 49.3. The van der Waals surface area contributed by atoms with Crippen molar-refractivity contribution >= 4 is 83.6 Å². The van der Waals surface area contributed by atoms with Gasteiger partial charge in [-0.25, -0.2) is 0 Å². The molecule has 0 saturated carbocycles. The van der Waals surface area contributed by atoms with Crippen LogP contribution in [0.3, 0.4) is 0 Å². The van der Waals surface area contributed by atoms with Crippen LogP contribution >= 0.6 is 11.3 Å². The molecule has 12 rings (SSSR count). The van der Waals surface area contributed by atoms with E-state index in [1.54, 1.807) is 0 Å². The maximum Gasteiger partial charge on any atom is 0.264 e. The second-order valence-electron chi connectivity index (χ2n) is 21.8. The molecule has 5 heteroatoms. The summed E-state index contributed by atoms with van der Waals surface area (Å²) < 4.78 is 2.80. The summed E-state index contributed by atoms with van der Waals surface area (Å²) in [5.41, 5.74) is 19.6. The molecule has 0 saturated heterocycles. The average Bonchev–Trinajstić information content (AvgIpc) is 3.72. The van der Waals surface area contributed by atoms with Gasteiger partial charge in [0.25, 0.3) is 6.71 Å². The Morgan fingerprint density at radius 3 is 2.06 bits per heavy atom. The molecule has 67 heavy (non-hydrogen) atoms. The Morgan fingerprint density at radius 1 is 0.657 bits per heavy atom. The molecule has 2 aliphatic heterocycles. The van der Waals surface area contributed by atoms with Gasteiger partial charge in [0.15, 0.2) is 0 Å². The minimum Gasteiger partial charge on any atom is -0.334 e. The van der Waals surface area contributed by atoms with Gasteiger partial charge in [0, 0.05) is 54.7 Å². The van der Waals surface area contributed by atoms with Crippen LogP contribution in [0.5, 0.6) is 0 Å². The summed E-state index contributed by atoms with van der Waals surface area (Å²) in [5.74, 6) is 0. The molecule has 0 N–H and O–H groups in total. The molecular formula is C62H60BN3S. The van der Waals surface area contributed by atoms with E-state index in [-0.39, 0.29) is 29.0 Å². The van der Waals surface area contributed by atoms with E-state index in [4.69, 9.17) is 0 Å². The first-order valence-corrected chi connectivity index (χ1v) is 25.4. The molecule has 6 aromatic carbocycles. The third kappa shape index (κ3) is 6.82. The van der Waals surface area contributed by atoms with Crippen molar-refractivity contribution in [2.24, 2.45) is 0 Å². The van der Waals surface area contributed by atoms with Crippen molar-refractivity contribution in [3.8, 4) is 11.1 Å². The second kappa shape index (κ2) is 15.6. The lowest BCUT2D eigenvalue weighted by molar-refractivity contribution is 0.332. The minimum absolute atomic E-state index is 0.000855. The molecule has 1 unspecified atom stereocenters. The zero-order valence-electron chi connectivity index (χ0n) is 40.1. The van der Waals surface area contributed by atoms with Gasteiger partial charge < -0.3 is 14.7 Å². The Bertz CT molecular complexity index is 3230. The standard InChI is InChI=1S/C62H60BN3S/c1-60(2,3)48-30-20-21-31-52(48)66-53-33-32-42(41-22-12-8-13-23-41)36-51(53)63-57-54(37-46(38-55(57)66)64(43-24-14-9-15-25-43)44-26-16-10-17-27-44)65(45-28-18-11-19-29-45)58-47-39-49-50(40-56(47)67-59(58)63)62(6,7)35-34-61(49,4)5/h8-9,11-16,18-24,26-33,36-40,43H,10,17,25,34-35H2,1-7H3. The maximum absolute atomic E-state index is 2.67. The number of hydrogen-bond acceptors (Lipinski definition) is 4. The van der Waals surface area contributed by atoms with Crippen LogP contribution in [0.1, 0.15) is 97.3 Å². The van der Waals surface area contributed by atoms with Crippen molar-refractivity contribution in [2.45, 2.75) is 103 Å². The zero-order chi connectivity index (χ0) is 45.8. The lowest BCUT2D eigenvalue weighted by atomic mass is 9.36. The van der Waals surface area contributed by atoms with E-state index < -0.39 is 0 Å². The monoisotopic (exact) mass is 889 g/mol. The van der Waals surface area contributed by atoms with Gasteiger partial charge in [0.1, 0.15) is 0 Å². The summed E-state index contributed by atoms with van der Waals surface area (Å²) in [5, 5.41) is 1.36. The van der Waals surface area contributed by atoms with Crippen molar-refractivity contribution in [3.63, 3.8) is 0 Å². The van der Waals surface area contributed by atoms with Crippen LogP contribution in [0.25, 0.3) is 21.2 Å². The lowest BCUT2D eigenvalue weighted by Crippen LogP contribution is -2.60. The fourth-order valence-corrected chi connectivity index (χ4v) is 13.3. The van der Waals surface area contributed by atoms with Gasteiger partial charge in [0.05, 0.1) is 11.7 Å². The largest absolute Gasteiger partial charge is 0.334 e. The van der Waals surface area contributed by atoms with Gasteiger partial charge >= 0.3 is 0 Å². The molecule has 0 spiro atoms. The highest BCUT2D eigenvalue weighted by Gasteiger charge is 2.47. The maximum atomic E-state index is 2.67. The Kier molecular flexibility index (Phi) is 9.82. The molecular weight excluding hydrogens is 830 g/mol. The number of rotatable bonds is 6. The first-order chi connectivity index (χ1) is 32.4. The molecule has 0 radical (unpaired) electrons. The van der Waals surface area contributed by atoms with Crippen molar-refractivity contribution in [2.75, 3.05) is 14.7 Å². The minimum atomic E-state index is -0.104. The number of allylic oxidation sites excluding steroid dienone is 5. The third-order valence-electron chi connectivity index (χ3n) is 15.5. The molecule has 7 aromatic rings. The van der Waals surface area contributed by atoms with E-state index in [1.807, 2.05) is 11.3 Å². The van der Waals surface area contributed by atoms with Gasteiger partial charge in [-0.05, 0) is 142 Å². The SMILES string of the molecule is CC(C)(C)c1ccccc1N1c2ccc(-c3ccccc3)cc2B2c3sc4cc5c(cc4c3N(c3ccccc3)c3cc(N(C4=CCCC=C4)C4C=CC=CC4)cc1c32)C(C)(C)CCC5(C)C. The summed E-state index contributed by atoms with van der Waals surface area (Å²) in [6.45, 7) is 17.0. The number of nitrogens with zero attached hydrogens (tertiary/aromatic N) is 3. The molecule has 332 valence electrons. The summed E-state index contributed by atoms with van der Waals surface area (Å²) >= 11 is 2.03. The summed E-state index contributed by atoms with van der Waals surface area (Å²) in [6.07, 6.45) is 21.8. The molecule has 3 nitrogen and oxygen atoms in total. The van der Waals surface area contributed by atoms with Gasteiger partial charge in [0.2, 0.25) is 0 Å². The van der Waals surface area contributed by atoms with Crippen LogP contribution in [0.4, 0.5) is 39.8 Å². The highest BCUT2D eigenvalue weighted by molar-refractivity contribution is 7.33. The van der Waals surface area contributed by atoms with Crippen LogP contribution in [-0.2, 0) is 16.2 Å². The first-order valence-electron chi connectivity index (χ1n) is 24.6. The van der Waals surface area contributed by atoms with Crippen molar-refractivity contribution in [1.29, 1.82) is 0 Å². The number of fused-ring (bicyclic) bond motifs is 7. The normalized spacial score (nSPS) is 18.6. The van der Waals surface area contributed by atoms with Crippen molar-refractivity contribution < 1.29 is 0 Å². The Hall–Kier alpha value is -6.30. The summed E-state index contributed by atoms with van der Waals surface area (Å²) in [4.78, 5) is 7.95. The highest BCUT2D eigenvalue weighted by Crippen LogP contribution is 2.54. The van der Waals surface area contributed by atoms with Crippen LogP contribution in [0.15, 0.2) is 176 Å². The molecule has 1 aromatic heterocycles. The van der Waals surface area contributed by atoms with Crippen LogP contribution in [0.2, 0.25) is 0 Å². The summed E-state index contributed by atoms with van der Waals surface area (Å²) in [7, 11) is 0. The van der Waals surface area contributed by atoms with Gasteiger partial charge in [-0.15, -0.1) is 11.3 Å². The van der Waals surface area contributed by atoms with Crippen molar-refractivity contribution in [3.05, 3.63) is 192 Å². The molecule has 3 heterocycles. The Balaban J connectivity index is 1.24. The third-order valence-corrected chi connectivity index (χ3v) is 16.7. The number of para-hydroxylation sites is 2. The Morgan fingerprint density at radius 2 is 1.36 bits per heavy atom. The fraction of sp³-hybridized carbons (Fsp3) is 0.258.